The first-order valence-corrected chi connectivity index (χ1v) is 7.62. The second kappa shape index (κ2) is 7.78. The summed E-state index contributed by atoms with van der Waals surface area (Å²) in [5.41, 5.74) is 0.805. The number of nitrogens with one attached hydrogen (secondary N) is 1. The smallest absolute Gasteiger partial charge is 0.308 e. The first kappa shape index (κ1) is 17.0. The van der Waals surface area contributed by atoms with E-state index in [0.29, 0.717) is 22.8 Å². The van der Waals surface area contributed by atoms with E-state index >= 15 is 0 Å². The van der Waals surface area contributed by atoms with E-state index in [2.05, 4.69) is 10.5 Å². The van der Waals surface area contributed by atoms with Crippen LogP contribution in [0.3, 0.4) is 0 Å². The first-order chi connectivity index (χ1) is 11.0. The molecule has 0 bridgehead atoms. The zero-order chi connectivity index (χ0) is 16.8. The highest BCUT2D eigenvalue weighted by Crippen LogP contribution is 2.23. The molecule has 122 valence electrons. The van der Waals surface area contributed by atoms with Gasteiger partial charge in [-0.15, -0.1) is 0 Å². The molecule has 23 heavy (non-hydrogen) atoms. The lowest BCUT2D eigenvalue weighted by atomic mass is 10.0. The normalized spacial score (nSPS) is 11.9. The highest BCUT2D eigenvalue weighted by molar-refractivity contribution is 6.30. The van der Waals surface area contributed by atoms with Crippen LogP contribution in [0.1, 0.15) is 30.3 Å². The summed E-state index contributed by atoms with van der Waals surface area (Å²) in [6.45, 7) is 1.95. The molecule has 0 aliphatic rings. The van der Waals surface area contributed by atoms with Crippen LogP contribution in [-0.2, 0) is 4.79 Å². The molecule has 1 amide bonds. The summed E-state index contributed by atoms with van der Waals surface area (Å²) < 4.78 is 5.14. The molecule has 0 fully saturated rings. The Morgan fingerprint density at radius 1 is 1.39 bits per heavy atom. The summed E-state index contributed by atoms with van der Waals surface area (Å²) in [6, 6.07) is 8.48. The van der Waals surface area contributed by atoms with E-state index in [-0.39, 0.29) is 12.2 Å². The fourth-order valence-electron chi connectivity index (χ4n) is 2.13. The van der Waals surface area contributed by atoms with E-state index in [1.165, 1.54) is 6.07 Å². The summed E-state index contributed by atoms with van der Waals surface area (Å²) in [5.74, 6) is -1.58. The summed E-state index contributed by atoms with van der Waals surface area (Å²) in [6.07, 6.45) is 1.23. The number of aromatic nitrogens is 1. The molecule has 6 nitrogen and oxygen atoms in total. The van der Waals surface area contributed by atoms with Gasteiger partial charge in [0.15, 0.2) is 11.5 Å². The predicted molar refractivity (Wildman–Crippen MR) is 85.3 cm³/mol. The van der Waals surface area contributed by atoms with Crippen molar-refractivity contribution in [2.75, 3.05) is 6.54 Å². The molecular formula is C16H17ClN2O4. The minimum atomic E-state index is -0.924. The van der Waals surface area contributed by atoms with Gasteiger partial charge in [-0.05, 0) is 18.6 Å². The van der Waals surface area contributed by atoms with Gasteiger partial charge in [-0.2, -0.15) is 0 Å². The van der Waals surface area contributed by atoms with Gasteiger partial charge in [-0.3, -0.25) is 9.59 Å². The van der Waals surface area contributed by atoms with E-state index in [1.54, 1.807) is 24.3 Å². The van der Waals surface area contributed by atoms with Crippen molar-refractivity contribution in [3.8, 4) is 11.3 Å². The van der Waals surface area contributed by atoms with Crippen molar-refractivity contribution < 1.29 is 19.2 Å². The van der Waals surface area contributed by atoms with Gasteiger partial charge in [-0.25, -0.2) is 0 Å². The van der Waals surface area contributed by atoms with Gasteiger partial charge in [0.2, 0.25) is 0 Å². The molecule has 0 saturated heterocycles. The molecule has 0 saturated carbocycles. The second-order valence-corrected chi connectivity index (χ2v) is 5.56. The second-order valence-electron chi connectivity index (χ2n) is 5.12. The molecule has 1 unspecified atom stereocenters. The van der Waals surface area contributed by atoms with Crippen LogP contribution in [-0.4, -0.2) is 28.7 Å². The van der Waals surface area contributed by atoms with Crippen molar-refractivity contribution in [1.29, 1.82) is 0 Å². The highest BCUT2D eigenvalue weighted by Gasteiger charge is 2.19. The molecule has 1 aromatic heterocycles. The molecule has 0 radical (unpaired) electrons. The molecule has 1 aromatic carbocycles. The lowest BCUT2D eigenvalue weighted by molar-refractivity contribution is -0.141. The Morgan fingerprint density at radius 2 is 2.17 bits per heavy atom. The van der Waals surface area contributed by atoms with Gasteiger partial charge < -0.3 is 14.9 Å². The Kier molecular flexibility index (Phi) is 5.76. The molecule has 1 atom stereocenters. The number of rotatable bonds is 7. The standard InChI is InChI=1S/C16H17ClN2O4/c1-2-4-11(16(21)22)9-18-15(20)13-8-14(23-19-13)10-5-3-6-12(17)7-10/h3,5-8,11H,2,4,9H2,1H3,(H,18,20)(H,21,22). The number of carboxylic acid groups (broad SMARTS) is 1. The maximum atomic E-state index is 12.0. The van der Waals surface area contributed by atoms with Crippen molar-refractivity contribution in [3.05, 3.63) is 41.0 Å². The van der Waals surface area contributed by atoms with Gasteiger partial charge in [0.05, 0.1) is 5.92 Å². The number of hydrogen-bond acceptors (Lipinski definition) is 4. The van der Waals surface area contributed by atoms with Crippen LogP contribution in [0, 0.1) is 5.92 Å². The molecule has 2 aromatic rings. The predicted octanol–water partition coefficient (Wildman–Crippen LogP) is 3.23. The van der Waals surface area contributed by atoms with Crippen LogP contribution in [0.4, 0.5) is 0 Å². The average molecular weight is 337 g/mol. The van der Waals surface area contributed by atoms with Crippen molar-refractivity contribution >= 4 is 23.5 Å². The Bertz CT molecular complexity index is 699. The number of nitrogens with zero attached hydrogens (tertiary/aromatic N) is 1. The van der Waals surface area contributed by atoms with E-state index in [4.69, 9.17) is 21.2 Å². The average Bonchev–Trinajstić information content (AvgIpc) is 3.01. The van der Waals surface area contributed by atoms with Crippen LogP contribution >= 0.6 is 11.6 Å². The molecule has 1 heterocycles. The number of halogens is 1. The van der Waals surface area contributed by atoms with E-state index < -0.39 is 17.8 Å². The fraction of sp³-hybridized carbons (Fsp3) is 0.312. The highest BCUT2D eigenvalue weighted by atomic mass is 35.5. The van der Waals surface area contributed by atoms with Gasteiger partial charge in [-0.1, -0.05) is 42.2 Å². The molecule has 7 heteroatoms. The summed E-state index contributed by atoms with van der Waals surface area (Å²) in [4.78, 5) is 23.1. The molecule has 2 rings (SSSR count). The number of carbonyl (C=O) groups is 2. The van der Waals surface area contributed by atoms with Crippen molar-refractivity contribution in [2.45, 2.75) is 19.8 Å². The zero-order valence-electron chi connectivity index (χ0n) is 12.6. The molecular weight excluding hydrogens is 320 g/mol. The molecule has 0 aliphatic heterocycles. The number of carboxylic acids is 1. The van der Waals surface area contributed by atoms with E-state index in [9.17, 15) is 9.59 Å². The first-order valence-electron chi connectivity index (χ1n) is 7.25. The number of carbonyl (C=O) groups excluding carboxylic acids is 1. The van der Waals surface area contributed by atoms with Crippen molar-refractivity contribution in [1.82, 2.24) is 10.5 Å². The van der Waals surface area contributed by atoms with Crippen molar-refractivity contribution in [3.63, 3.8) is 0 Å². The Labute approximate surface area is 138 Å². The lowest BCUT2D eigenvalue weighted by Gasteiger charge is -2.11. The van der Waals surface area contributed by atoms with Crippen molar-refractivity contribution in [2.24, 2.45) is 5.92 Å². The van der Waals surface area contributed by atoms with Gasteiger partial charge in [0.25, 0.3) is 5.91 Å². The third-order valence-corrected chi connectivity index (χ3v) is 3.58. The quantitative estimate of drug-likeness (QED) is 0.809. The maximum Gasteiger partial charge on any atom is 0.308 e. The number of aliphatic carboxylic acids is 1. The summed E-state index contributed by atoms with van der Waals surface area (Å²) >= 11 is 5.91. The number of amides is 1. The number of benzene rings is 1. The maximum absolute atomic E-state index is 12.0. The van der Waals surface area contributed by atoms with Crippen LogP contribution < -0.4 is 5.32 Å². The third kappa shape index (κ3) is 4.56. The third-order valence-electron chi connectivity index (χ3n) is 3.35. The van der Waals surface area contributed by atoms with Gasteiger partial charge in [0.1, 0.15) is 0 Å². The molecule has 0 aliphatic carbocycles. The fourth-order valence-corrected chi connectivity index (χ4v) is 2.32. The summed E-state index contributed by atoms with van der Waals surface area (Å²) in [7, 11) is 0. The SMILES string of the molecule is CCCC(CNC(=O)c1cc(-c2cccc(Cl)c2)on1)C(=O)O. The van der Waals surface area contributed by atoms with Crippen LogP contribution in [0.5, 0.6) is 0 Å². The molecule has 0 spiro atoms. The Hall–Kier alpha value is -2.34. The lowest BCUT2D eigenvalue weighted by Crippen LogP contribution is -2.33. The van der Waals surface area contributed by atoms with Gasteiger partial charge in [0, 0.05) is 23.2 Å². The minimum Gasteiger partial charge on any atom is -0.481 e. The van der Waals surface area contributed by atoms with Crippen LogP contribution in [0.25, 0.3) is 11.3 Å². The van der Waals surface area contributed by atoms with Crippen LogP contribution in [0.15, 0.2) is 34.9 Å². The van der Waals surface area contributed by atoms with E-state index in [1.807, 2.05) is 6.92 Å². The summed E-state index contributed by atoms with van der Waals surface area (Å²) in [5, 5.41) is 15.9. The molecule has 2 N–H and O–H groups in total. The van der Waals surface area contributed by atoms with Crippen LogP contribution in [0.2, 0.25) is 5.02 Å². The number of hydrogen-bond donors (Lipinski definition) is 2. The largest absolute Gasteiger partial charge is 0.481 e. The Morgan fingerprint density at radius 3 is 2.83 bits per heavy atom. The zero-order valence-corrected chi connectivity index (χ0v) is 13.3. The monoisotopic (exact) mass is 336 g/mol. The topological polar surface area (TPSA) is 92.4 Å². The minimum absolute atomic E-state index is 0.0569. The van der Waals surface area contributed by atoms with Gasteiger partial charge >= 0.3 is 5.97 Å². The van der Waals surface area contributed by atoms with E-state index in [0.717, 1.165) is 6.42 Å². The Balaban J connectivity index is 2.02.